The van der Waals surface area contributed by atoms with Crippen molar-refractivity contribution in [3.05, 3.63) is 30.1 Å². The molecule has 0 saturated carbocycles. The molecule has 1 heterocycles. The van der Waals surface area contributed by atoms with Gasteiger partial charge in [0.25, 0.3) is 0 Å². The third kappa shape index (κ3) is 5.61. The van der Waals surface area contributed by atoms with Gasteiger partial charge in [-0.3, -0.25) is 9.88 Å². The van der Waals surface area contributed by atoms with Crippen molar-refractivity contribution in [2.24, 2.45) is 0 Å². The van der Waals surface area contributed by atoms with Crippen LogP contribution in [0, 0.1) is 0 Å². The summed E-state index contributed by atoms with van der Waals surface area (Å²) in [4.78, 5) is 6.61. The van der Waals surface area contributed by atoms with Crippen LogP contribution in [0.4, 0.5) is 0 Å². The van der Waals surface area contributed by atoms with Crippen LogP contribution < -0.4 is 5.32 Å². The third-order valence-corrected chi connectivity index (χ3v) is 3.21. The topological polar surface area (TPSA) is 28.2 Å². The van der Waals surface area contributed by atoms with E-state index in [1.807, 2.05) is 18.5 Å². The number of nitrogens with zero attached hydrogens (tertiary/aromatic N) is 2. The van der Waals surface area contributed by atoms with Crippen molar-refractivity contribution in [3.8, 4) is 0 Å². The Morgan fingerprint density at radius 3 is 2.78 bits per heavy atom. The molecule has 0 amide bonds. The van der Waals surface area contributed by atoms with Crippen LogP contribution in [0.15, 0.2) is 24.5 Å². The predicted molar refractivity (Wildman–Crippen MR) is 77.6 cm³/mol. The van der Waals surface area contributed by atoms with Crippen LogP contribution >= 0.6 is 0 Å². The average Bonchev–Trinajstić information content (AvgIpc) is 2.39. The number of likely N-dealkylation sites (N-methyl/N-ethyl adjacent to an activating group) is 1. The van der Waals surface area contributed by atoms with Gasteiger partial charge in [0, 0.05) is 31.5 Å². The van der Waals surface area contributed by atoms with E-state index in [0.717, 1.165) is 19.6 Å². The Kier molecular flexibility index (Phi) is 7.62. The highest BCUT2D eigenvalue weighted by atomic mass is 15.1. The summed E-state index contributed by atoms with van der Waals surface area (Å²) in [6, 6.07) is 4.76. The normalized spacial score (nSPS) is 12.9. The first-order chi connectivity index (χ1) is 8.77. The maximum Gasteiger partial charge on any atom is 0.0312 e. The van der Waals surface area contributed by atoms with Crippen LogP contribution in [-0.2, 0) is 6.54 Å². The minimum Gasteiger partial charge on any atom is -0.315 e. The van der Waals surface area contributed by atoms with Crippen molar-refractivity contribution in [3.63, 3.8) is 0 Å². The minimum absolute atomic E-state index is 0.613. The molecule has 3 nitrogen and oxygen atoms in total. The quantitative estimate of drug-likeness (QED) is 0.682. The van der Waals surface area contributed by atoms with Crippen molar-refractivity contribution in [2.45, 2.75) is 45.7 Å². The molecule has 0 aromatic carbocycles. The molecule has 0 fully saturated rings. The fourth-order valence-corrected chi connectivity index (χ4v) is 2.17. The van der Waals surface area contributed by atoms with Gasteiger partial charge in [-0.15, -0.1) is 0 Å². The van der Waals surface area contributed by atoms with Crippen molar-refractivity contribution < 1.29 is 0 Å². The van der Waals surface area contributed by atoms with Crippen LogP contribution in [-0.4, -0.2) is 36.1 Å². The smallest absolute Gasteiger partial charge is 0.0312 e. The van der Waals surface area contributed by atoms with Gasteiger partial charge >= 0.3 is 0 Å². The molecule has 1 aromatic heterocycles. The van der Waals surface area contributed by atoms with E-state index < -0.39 is 0 Å². The van der Waals surface area contributed by atoms with Gasteiger partial charge in [0.2, 0.25) is 0 Å². The van der Waals surface area contributed by atoms with Gasteiger partial charge in [-0.1, -0.05) is 26.3 Å². The lowest BCUT2D eigenvalue weighted by molar-refractivity contribution is 0.215. The Labute approximate surface area is 112 Å². The highest BCUT2D eigenvalue weighted by Gasteiger charge is 2.13. The molecule has 1 aromatic rings. The summed E-state index contributed by atoms with van der Waals surface area (Å²) >= 11 is 0. The minimum atomic E-state index is 0.613. The molecule has 0 saturated heterocycles. The number of rotatable bonds is 9. The zero-order valence-electron chi connectivity index (χ0n) is 12.0. The maximum absolute atomic E-state index is 4.18. The Morgan fingerprint density at radius 1 is 1.33 bits per heavy atom. The molecule has 3 heteroatoms. The number of hydrogen-bond acceptors (Lipinski definition) is 3. The second-order valence-corrected chi connectivity index (χ2v) is 4.92. The van der Waals surface area contributed by atoms with E-state index in [1.165, 1.54) is 24.8 Å². The van der Waals surface area contributed by atoms with Gasteiger partial charge in [0.05, 0.1) is 0 Å². The molecule has 1 unspecified atom stereocenters. The molecule has 0 aliphatic rings. The SMILES string of the molecule is CCCNCC(CCC)N(C)Cc1cccnc1. The molecule has 1 N–H and O–H groups in total. The standard InChI is InChI=1S/C15H27N3/c1-4-7-15(12-16-9-5-2)18(3)13-14-8-6-10-17-11-14/h6,8,10-11,15-16H,4-5,7,9,12-13H2,1-3H3. The summed E-state index contributed by atoms with van der Waals surface area (Å²) in [6.07, 6.45) is 7.46. The highest BCUT2D eigenvalue weighted by molar-refractivity contribution is 5.08. The van der Waals surface area contributed by atoms with Crippen LogP contribution in [0.2, 0.25) is 0 Å². The molecule has 0 aliphatic carbocycles. The number of nitrogens with one attached hydrogen (secondary N) is 1. The van der Waals surface area contributed by atoms with Gasteiger partial charge in [-0.2, -0.15) is 0 Å². The summed E-state index contributed by atoms with van der Waals surface area (Å²) < 4.78 is 0. The number of pyridine rings is 1. The summed E-state index contributed by atoms with van der Waals surface area (Å²) in [5, 5.41) is 3.53. The van der Waals surface area contributed by atoms with Crippen molar-refractivity contribution >= 4 is 0 Å². The lowest BCUT2D eigenvalue weighted by Crippen LogP contribution is -2.39. The first-order valence-corrected chi connectivity index (χ1v) is 7.07. The molecule has 0 radical (unpaired) electrons. The van der Waals surface area contributed by atoms with Crippen molar-refractivity contribution in [1.82, 2.24) is 15.2 Å². The monoisotopic (exact) mass is 249 g/mol. The Morgan fingerprint density at radius 2 is 2.17 bits per heavy atom. The van der Waals surface area contributed by atoms with E-state index in [2.05, 4.69) is 42.2 Å². The summed E-state index contributed by atoms with van der Waals surface area (Å²) in [5.41, 5.74) is 1.29. The second-order valence-electron chi connectivity index (χ2n) is 4.92. The van der Waals surface area contributed by atoms with E-state index in [1.54, 1.807) is 0 Å². The first kappa shape index (κ1) is 15.1. The summed E-state index contributed by atoms with van der Waals surface area (Å²) in [5.74, 6) is 0. The van der Waals surface area contributed by atoms with Gasteiger partial charge in [0.15, 0.2) is 0 Å². The largest absolute Gasteiger partial charge is 0.315 e. The van der Waals surface area contributed by atoms with E-state index >= 15 is 0 Å². The molecule has 0 aliphatic heterocycles. The first-order valence-electron chi connectivity index (χ1n) is 7.07. The Balaban J connectivity index is 2.45. The fraction of sp³-hybridized carbons (Fsp3) is 0.667. The third-order valence-electron chi connectivity index (χ3n) is 3.21. The van der Waals surface area contributed by atoms with E-state index in [9.17, 15) is 0 Å². The second kappa shape index (κ2) is 9.06. The van der Waals surface area contributed by atoms with Crippen LogP contribution in [0.5, 0.6) is 0 Å². The molecule has 18 heavy (non-hydrogen) atoms. The highest BCUT2D eigenvalue weighted by Crippen LogP contribution is 2.09. The maximum atomic E-state index is 4.18. The zero-order chi connectivity index (χ0) is 13.2. The van der Waals surface area contributed by atoms with E-state index in [4.69, 9.17) is 0 Å². The fourth-order valence-electron chi connectivity index (χ4n) is 2.17. The van der Waals surface area contributed by atoms with Crippen LogP contribution in [0.1, 0.15) is 38.7 Å². The van der Waals surface area contributed by atoms with Crippen LogP contribution in [0.3, 0.4) is 0 Å². The molecule has 1 rings (SSSR count). The average molecular weight is 249 g/mol. The molecule has 1 atom stereocenters. The van der Waals surface area contributed by atoms with Gasteiger partial charge in [-0.05, 0) is 38.1 Å². The summed E-state index contributed by atoms with van der Waals surface area (Å²) in [6.45, 7) is 7.64. The van der Waals surface area contributed by atoms with Gasteiger partial charge in [0.1, 0.15) is 0 Å². The number of hydrogen-bond donors (Lipinski definition) is 1. The zero-order valence-corrected chi connectivity index (χ0v) is 12.0. The Hall–Kier alpha value is -0.930. The van der Waals surface area contributed by atoms with E-state index in [-0.39, 0.29) is 0 Å². The van der Waals surface area contributed by atoms with Gasteiger partial charge < -0.3 is 5.32 Å². The van der Waals surface area contributed by atoms with Crippen LogP contribution in [0.25, 0.3) is 0 Å². The molecule has 0 bridgehead atoms. The molecular formula is C15H27N3. The van der Waals surface area contributed by atoms with E-state index in [0.29, 0.717) is 6.04 Å². The summed E-state index contributed by atoms with van der Waals surface area (Å²) in [7, 11) is 2.21. The number of aromatic nitrogens is 1. The molecule has 102 valence electrons. The molecule has 0 spiro atoms. The Bertz CT molecular complexity index is 300. The lowest BCUT2D eigenvalue weighted by Gasteiger charge is -2.28. The lowest BCUT2D eigenvalue weighted by atomic mass is 10.1. The van der Waals surface area contributed by atoms with Crippen molar-refractivity contribution in [1.29, 1.82) is 0 Å². The van der Waals surface area contributed by atoms with Crippen molar-refractivity contribution in [2.75, 3.05) is 20.1 Å². The predicted octanol–water partition coefficient (Wildman–Crippen LogP) is 2.68. The van der Waals surface area contributed by atoms with Gasteiger partial charge in [-0.25, -0.2) is 0 Å². The molecular weight excluding hydrogens is 222 g/mol.